The molecule has 0 aliphatic rings. The van der Waals surface area contributed by atoms with Crippen LogP contribution in [0.25, 0.3) is 0 Å². The van der Waals surface area contributed by atoms with Gasteiger partial charge < -0.3 is 14.9 Å². The first-order valence-corrected chi connectivity index (χ1v) is 6.07. The number of aliphatic hydroxyl groups excluding tert-OH is 1. The molecule has 6 heteroatoms. The fourth-order valence-electron chi connectivity index (χ4n) is 1.03. The number of carbonyl (C=O) groups is 1. The van der Waals surface area contributed by atoms with Gasteiger partial charge in [-0.05, 0) is 57.3 Å². The lowest BCUT2D eigenvalue weighted by atomic mass is 10.1. The number of methoxy groups -OCH3 is 1. The van der Waals surface area contributed by atoms with E-state index >= 15 is 0 Å². The van der Waals surface area contributed by atoms with E-state index in [0.717, 1.165) is 7.14 Å². The van der Waals surface area contributed by atoms with E-state index in [1.807, 2.05) is 22.6 Å². The van der Waals surface area contributed by atoms with Crippen LogP contribution in [0.5, 0.6) is 5.75 Å². The van der Waals surface area contributed by atoms with E-state index in [0.29, 0.717) is 11.3 Å². The number of benzene rings is 1. The van der Waals surface area contributed by atoms with Crippen LogP contribution in [0.3, 0.4) is 0 Å². The lowest BCUT2D eigenvalue weighted by Crippen LogP contribution is -2.12. The molecule has 0 amide bonds. The fourth-order valence-corrected chi connectivity index (χ4v) is 2.26. The first-order valence-electron chi connectivity index (χ1n) is 3.91. The zero-order chi connectivity index (χ0) is 11.6. The Morgan fingerprint density at radius 1 is 1.47 bits per heavy atom. The van der Waals surface area contributed by atoms with Crippen molar-refractivity contribution in [1.82, 2.24) is 0 Å². The van der Waals surface area contributed by atoms with Crippen LogP contribution in [0.4, 0.5) is 0 Å². The van der Waals surface area contributed by atoms with E-state index in [2.05, 4.69) is 22.6 Å². The first kappa shape index (κ1) is 13.0. The number of hydrogen-bond donors (Lipinski definition) is 2. The molecular formula is C9H8I2O4. The van der Waals surface area contributed by atoms with Crippen LogP contribution < -0.4 is 4.74 Å². The third-order valence-corrected chi connectivity index (χ3v) is 4.88. The average Bonchev–Trinajstić information content (AvgIpc) is 2.20. The predicted octanol–water partition coefficient (Wildman–Crippen LogP) is 2.02. The fraction of sp³-hybridized carbons (Fsp3) is 0.222. The van der Waals surface area contributed by atoms with Gasteiger partial charge in [-0.15, -0.1) is 0 Å². The van der Waals surface area contributed by atoms with Gasteiger partial charge in [-0.25, -0.2) is 4.79 Å². The van der Waals surface area contributed by atoms with Gasteiger partial charge in [0.1, 0.15) is 5.75 Å². The second kappa shape index (κ2) is 5.30. The summed E-state index contributed by atoms with van der Waals surface area (Å²) in [6.07, 6.45) is -1.51. The molecule has 1 atom stereocenters. The Kier molecular flexibility index (Phi) is 4.59. The molecule has 0 saturated heterocycles. The van der Waals surface area contributed by atoms with Crippen LogP contribution >= 0.6 is 45.2 Å². The Balaban J connectivity index is 3.27. The van der Waals surface area contributed by atoms with Crippen molar-refractivity contribution < 1.29 is 19.7 Å². The maximum absolute atomic E-state index is 10.7. The van der Waals surface area contributed by atoms with E-state index in [1.54, 1.807) is 6.07 Å². The van der Waals surface area contributed by atoms with E-state index in [9.17, 15) is 9.90 Å². The zero-order valence-electron chi connectivity index (χ0n) is 7.70. The standard InChI is InChI=1S/C9H8I2O4/c1-15-4-2-5(8(12)9(13)14)7(11)6(10)3-4/h2-3,8,12H,1H3,(H,13,14). The summed E-state index contributed by atoms with van der Waals surface area (Å²) in [6, 6.07) is 3.31. The molecule has 15 heavy (non-hydrogen) atoms. The maximum Gasteiger partial charge on any atom is 0.337 e. The van der Waals surface area contributed by atoms with E-state index in [-0.39, 0.29) is 0 Å². The van der Waals surface area contributed by atoms with Crippen LogP contribution in [-0.4, -0.2) is 23.3 Å². The van der Waals surface area contributed by atoms with Gasteiger partial charge in [-0.1, -0.05) is 0 Å². The van der Waals surface area contributed by atoms with Crippen LogP contribution in [0.15, 0.2) is 12.1 Å². The van der Waals surface area contributed by atoms with Crippen LogP contribution in [-0.2, 0) is 4.79 Å². The van der Waals surface area contributed by atoms with Crippen molar-refractivity contribution in [3.63, 3.8) is 0 Å². The third-order valence-electron chi connectivity index (χ3n) is 1.79. The smallest absolute Gasteiger partial charge is 0.337 e. The number of aliphatic hydroxyl groups is 1. The van der Waals surface area contributed by atoms with Gasteiger partial charge in [0.2, 0.25) is 0 Å². The number of aliphatic carboxylic acids is 1. The SMILES string of the molecule is COc1cc(I)c(I)c(C(O)C(=O)O)c1. The highest BCUT2D eigenvalue weighted by molar-refractivity contribution is 14.1. The molecule has 0 fully saturated rings. The molecule has 4 nitrogen and oxygen atoms in total. The molecule has 1 rings (SSSR count). The van der Waals surface area contributed by atoms with Crippen molar-refractivity contribution >= 4 is 51.2 Å². The van der Waals surface area contributed by atoms with Gasteiger partial charge >= 0.3 is 5.97 Å². The summed E-state index contributed by atoms with van der Waals surface area (Å²) in [5.74, 6) is -0.730. The van der Waals surface area contributed by atoms with Crippen molar-refractivity contribution in [2.24, 2.45) is 0 Å². The Morgan fingerprint density at radius 3 is 2.53 bits per heavy atom. The summed E-state index contributed by atoms with van der Waals surface area (Å²) in [5.41, 5.74) is 0.354. The van der Waals surface area contributed by atoms with Crippen LogP contribution in [0.2, 0.25) is 0 Å². The highest BCUT2D eigenvalue weighted by Crippen LogP contribution is 2.29. The van der Waals surface area contributed by atoms with Gasteiger partial charge in [0.05, 0.1) is 7.11 Å². The lowest BCUT2D eigenvalue weighted by molar-refractivity contribution is -0.147. The molecule has 0 radical (unpaired) electrons. The molecule has 0 saturated carbocycles. The molecule has 1 aromatic carbocycles. The summed E-state index contributed by atoms with van der Waals surface area (Å²) < 4.78 is 6.58. The van der Waals surface area contributed by atoms with E-state index in [4.69, 9.17) is 9.84 Å². The average molecular weight is 434 g/mol. The van der Waals surface area contributed by atoms with Crippen molar-refractivity contribution in [3.05, 3.63) is 24.8 Å². The number of rotatable bonds is 3. The van der Waals surface area contributed by atoms with Crippen molar-refractivity contribution in [2.75, 3.05) is 7.11 Å². The minimum absolute atomic E-state index is 0.354. The molecule has 0 aromatic heterocycles. The quantitative estimate of drug-likeness (QED) is 0.716. The van der Waals surface area contributed by atoms with E-state index in [1.165, 1.54) is 13.2 Å². The monoisotopic (exact) mass is 434 g/mol. The number of ether oxygens (including phenoxy) is 1. The largest absolute Gasteiger partial charge is 0.497 e. The molecule has 82 valence electrons. The number of carboxylic acid groups (broad SMARTS) is 1. The molecule has 0 aliphatic carbocycles. The summed E-state index contributed by atoms with van der Waals surface area (Å²) in [5, 5.41) is 18.2. The summed E-state index contributed by atoms with van der Waals surface area (Å²) in [6.45, 7) is 0. The second-order valence-corrected chi connectivity index (χ2v) is 4.99. The molecular weight excluding hydrogens is 426 g/mol. The van der Waals surface area contributed by atoms with Crippen molar-refractivity contribution in [1.29, 1.82) is 0 Å². The second-order valence-electron chi connectivity index (χ2n) is 2.75. The summed E-state index contributed by atoms with van der Waals surface area (Å²) in [4.78, 5) is 10.7. The normalized spacial score (nSPS) is 12.3. The van der Waals surface area contributed by atoms with Crippen molar-refractivity contribution in [2.45, 2.75) is 6.10 Å². The Morgan fingerprint density at radius 2 is 2.07 bits per heavy atom. The highest BCUT2D eigenvalue weighted by Gasteiger charge is 2.21. The summed E-state index contributed by atoms with van der Waals surface area (Å²) in [7, 11) is 1.50. The molecule has 1 unspecified atom stereocenters. The number of hydrogen-bond acceptors (Lipinski definition) is 3. The lowest BCUT2D eigenvalue weighted by Gasteiger charge is -2.11. The zero-order valence-corrected chi connectivity index (χ0v) is 12.0. The third kappa shape index (κ3) is 2.94. The molecule has 0 spiro atoms. The van der Waals surface area contributed by atoms with Gasteiger partial charge in [-0.3, -0.25) is 0 Å². The topological polar surface area (TPSA) is 66.8 Å². The molecule has 1 aromatic rings. The summed E-state index contributed by atoms with van der Waals surface area (Å²) >= 11 is 4.06. The maximum atomic E-state index is 10.7. The minimum atomic E-state index is -1.51. The van der Waals surface area contributed by atoms with Crippen LogP contribution in [0.1, 0.15) is 11.7 Å². The Bertz CT molecular complexity index is 392. The van der Waals surface area contributed by atoms with Gasteiger partial charge in [0.15, 0.2) is 6.10 Å². The highest BCUT2D eigenvalue weighted by atomic mass is 127. The Hall–Kier alpha value is -0.0900. The molecule has 0 bridgehead atoms. The van der Waals surface area contributed by atoms with Gasteiger partial charge in [0.25, 0.3) is 0 Å². The van der Waals surface area contributed by atoms with Crippen molar-refractivity contribution in [3.8, 4) is 5.75 Å². The predicted molar refractivity (Wildman–Crippen MR) is 71.0 cm³/mol. The minimum Gasteiger partial charge on any atom is -0.497 e. The first-order chi connectivity index (χ1) is 6.97. The number of carboxylic acids is 1. The van der Waals surface area contributed by atoms with E-state index < -0.39 is 12.1 Å². The Labute approximate surface area is 114 Å². The molecule has 0 heterocycles. The van der Waals surface area contributed by atoms with Crippen LogP contribution in [0, 0.1) is 7.14 Å². The molecule has 0 aliphatic heterocycles. The van der Waals surface area contributed by atoms with Gasteiger partial charge in [-0.2, -0.15) is 0 Å². The molecule has 2 N–H and O–H groups in total. The number of halogens is 2. The van der Waals surface area contributed by atoms with Gasteiger partial charge in [0, 0.05) is 12.7 Å².